The molecular formula is C12H12BrFN4O2S. The van der Waals surface area contributed by atoms with Gasteiger partial charge in [0.25, 0.3) is 10.0 Å². The third-order valence-electron chi connectivity index (χ3n) is 2.70. The highest BCUT2D eigenvalue weighted by Crippen LogP contribution is 2.27. The lowest BCUT2D eigenvalue weighted by atomic mass is 10.2. The minimum absolute atomic E-state index is 0.0420. The highest BCUT2D eigenvalue weighted by Gasteiger charge is 2.22. The fourth-order valence-electron chi connectivity index (χ4n) is 1.68. The number of nitrogens with zero attached hydrogens (tertiary/aromatic N) is 1. The maximum atomic E-state index is 13.8. The monoisotopic (exact) mass is 374 g/mol. The van der Waals surface area contributed by atoms with Gasteiger partial charge in [-0.15, -0.1) is 0 Å². The van der Waals surface area contributed by atoms with Crippen molar-refractivity contribution in [2.45, 2.75) is 11.8 Å². The van der Waals surface area contributed by atoms with Crippen molar-refractivity contribution in [1.82, 2.24) is 4.98 Å². The van der Waals surface area contributed by atoms with Crippen LogP contribution in [0, 0.1) is 12.7 Å². The Hall–Kier alpha value is -1.71. The highest BCUT2D eigenvalue weighted by molar-refractivity contribution is 9.10. The molecule has 0 amide bonds. The number of sulfonamides is 1. The van der Waals surface area contributed by atoms with Gasteiger partial charge < -0.3 is 5.43 Å². The first-order chi connectivity index (χ1) is 9.85. The maximum Gasteiger partial charge on any atom is 0.265 e. The Bertz CT molecular complexity index is 763. The largest absolute Gasteiger partial charge is 0.307 e. The standard InChI is InChI=1S/C12H12BrFN4O2S/c1-7-3-2-4-9(14)11(7)18-21(19,20)10-5-8(13)6-16-12(10)17-15/h2-6,18H,15H2,1H3,(H,16,17). The second kappa shape index (κ2) is 5.96. The van der Waals surface area contributed by atoms with E-state index in [1.165, 1.54) is 24.4 Å². The molecule has 0 atom stereocenters. The van der Waals surface area contributed by atoms with Crippen LogP contribution in [0.1, 0.15) is 5.56 Å². The zero-order valence-electron chi connectivity index (χ0n) is 10.9. The highest BCUT2D eigenvalue weighted by atomic mass is 79.9. The number of nitrogen functional groups attached to an aromatic ring is 1. The molecule has 0 aliphatic rings. The predicted octanol–water partition coefficient (Wildman–Crippen LogP) is 2.38. The van der Waals surface area contributed by atoms with E-state index >= 15 is 0 Å². The Morgan fingerprint density at radius 3 is 2.71 bits per heavy atom. The number of halogens is 2. The van der Waals surface area contributed by atoms with Crippen LogP contribution in [-0.4, -0.2) is 13.4 Å². The number of rotatable bonds is 4. The first kappa shape index (κ1) is 15.7. The molecule has 1 aromatic heterocycles. The lowest BCUT2D eigenvalue weighted by Crippen LogP contribution is -2.19. The Morgan fingerprint density at radius 1 is 1.38 bits per heavy atom. The minimum Gasteiger partial charge on any atom is -0.307 e. The molecule has 0 saturated carbocycles. The summed E-state index contributed by atoms with van der Waals surface area (Å²) in [6, 6.07) is 5.59. The van der Waals surface area contributed by atoms with Crippen molar-refractivity contribution in [3.05, 3.63) is 46.3 Å². The van der Waals surface area contributed by atoms with E-state index in [9.17, 15) is 12.8 Å². The fraction of sp³-hybridized carbons (Fsp3) is 0.0833. The van der Waals surface area contributed by atoms with E-state index in [0.717, 1.165) is 0 Å². The van der Waals surface area contributed by atoms with E-state index in [1.54, 1.807) is 13.0 Å². The van der Waals surface area contributed by atoms with Crippen molar-refractivity contribution >= 4 is 37.5 Å². The van der Waals surface area contributed by atoms with E-state index in [2.05, 4.69) is 31.1 Å². The second-order valence-electron chi connectivity index (χ2n) is 4.18. The molecule has 21 heavy (non-hydrogen) atoms. The van der Waals surface area contributed by atoms with Gasteiger partial charge in [-0.25, -0.2) is 23.6 Å². The number of para-hydroxylation sites is 1. The summed E-state index contributed by atoms with van der Waals surface area (Å²) in [5.41, 5.74) is 2.55. The quantitative estimate of drug-likeness (QED) is 0.563. The summed E-state index contributed by atoms with van der Waals surface area (Å²) in [4.78, 5) is 3.66. The second-order valence-corrected chi connectivity index (χ2v) is 6.75. The van der Waals surface area contributed by atoms with Gasteiger partial charge in [-0.3, -0.25) is 4.72 Å². The first-order valence-corrected chi connectivity index (χ1v) is 8.03. The summed E-state index contributed by atoms with van der Waals surface area (Å²) in [7, 11) is -4.05. The average Bonchev–Trinajstić information content (AvgIpc) is 2.43. The van der Waals surface area contributed by atoms with Crippen molar-refractivity contribution in [3.63, 3.8) is 0 Å². The van der Waals surface area contributed by atoms with Crippen molar-refractivity contribution in [2.24, 2.45) is 5.84 Å². The van der Waals surface area contributed by atoms with Gasteiger partial charge in [0.1, 0.15) is 10.7 Å². The van der Waals surface area contributed by atoms with Crippen molar-refractivity contribution in [2.75, 3.05) is 10.1 Å². The zero-order valence-corrected chi connectivity index (χ0v) is 13.3. The van der Waals surface area contributed by atoms with Gasteiger partial charge in [-0.05, 0) is 40.5 Å². The van der Waals surface area contributed by atoms with Crippen LogP contribution in [0.4, 0.5) is 15.9 Å². The Kier molecular flexibility index (Phi) is 4.45. The fourth-order valence-corrected chi connectivity index (χ4v) is 3.45. The Labute approximate surface area is 129 Å². The van der Waals surface area contributed by atoms with Gasteiger partial charge >= 0.3 is 0 Å². The number of hydrogen-bond acceptors (Lipinski definition) is 5. The molecule has 0 unspecified atom stereocenters. The third kappa shape index (κ3) is 3.31. The van der Waals surface area contributed by atoms with E-state index in [-0.39, 0.29) is 16.4 Å². The summed E-state index contributed by atoms with van der Waals surface area (Å²) in [6.07, 6.45) is 1.39. The molecule has 0 radical (unpaired) electrons. The summed E-state index contributed by atoms with van der Waals surface area (Å²) >= 11 is 3.13. The number of hydrogen-bond donors (Lipinski definition) is 3. The van der Waals surface area contributed by atoms with Crippen molar-refractivity contribution in [1.29, 1.82) is 0 Å². The van der Waals surface area contributed by atoms with E-state index < -0.39 is 15.8 Å². The van der Waals surface area contributed by atoms with Crippen LogP contribution in [-0.2, 0) is 10.0 Å². The number of aromatic nitrogens is 1. The van der Waals surface area contributed by atoms with Crippen LogP contribution in [0.3, 0.4) is 0 Å². The number of anilines is 2. The average molecular weight is 375 g/mol. The van der Waals surface area contributed by atoms with Crippen LogP contribution < -0.4 is 16.0 Å². The molecule has 2 rings (SSSR count). The van der Waals surface area contributed by atoms with Gasteiger partial charge in [0.2, 0.25) is 0 Å². The summed E-state index contributed by atoms with van der Waals surface area (Å²) in [5.74, 6) is 4.55. The topological polar surface area (TPSA) is 97.1 Å². The number of benzene rings is 1. The lowest BCUT2D eigenvalue weighted by Gasteiger charge is -2.13. The molecule has 2 aromatic rings. The van der Waals surface area contributed by atoms with Gasteiger partial charge in [0.15, 0.2) is 5.82 Å². The van der Waals surface area contributed by atoms with Crippen LogP contribution >= 0.6 is 15.9 Å². The van der Waals surface area contributed by atoms with Crippen LogP contribution in [0.25, 0.3) is 0 Å². The molecule has 1 heterocycles. The number of hydrazine groups is 1. The normalized spacial score (nSPS) is 11.2. The zero-order chi connectivity index (χ0) is 15.6. The predicted molar refractivity (Wildman–Crippen MR) is 81.7 cm³/mol. The summed E-state index contributed by atoms with van der Waals surface area (Å²) < 4.78 is 41.2. The van der Waals surface area contributed by atoms with Gasteiger partial charge in [0.05, 0.1) is 5.69 Å². The van der Waals surface area contributed by atoms with Gasteiger partial charge in [-0.1, -0.05) is 12.1 Å². The van der Waals surface area contributed by atoms with Crippen molar-refractivity contribution < 1.29 is 12.8 Å². The number of nitrogens with two attached hydrogens (primary N) is 1. The molecule has 1 aromatic carbocycles. The Morgan fingerprint density at radius 2 is 2.10 bits per heavy atom. The van der Waals surface area contributed by atoms with Crippen LogP contribution in [0.15, 0.2) is 39.8 Å². The molecule has 4 N–H and O–H groups in total. The molecule has 0 aliphatic heterocycles. The lowest BCUT2D eigenvalue weighted by molar-refractivity contribution is 0.598. The van der Waals surface area contributed by atoms with E-state index in [1.807, 2.05) is 0 Å². The van der Waals surface area contributed by atoms with Gasteiger partial charge in [0, 0.05) is 10.7 Å². The number of aryl methyl sites for hydroxylation is 1. The molecule has 0 bridgehead atoms. The summed E-state index contributed by atoms with van der Waals surface area (Å²) in [6.45, 7) is 1.60. The minimum atomic E-state index is -4.05. The van der Waals surface area contributed by atoms with Crippen LogP contribution in [0.2, 0.25) is 0 Å². The number of nitrogens with one attached hydrogen (secondary N) is 2. The third-order valence-corrected chi connectivity index (χ3v) is 4.50. The number of pyridine rings is 1. The van der Waals surface area contributed by atoms with Gasteiger partial charge in [-0.2, -0.15) is 0 Å². The molecule has 0 aliphatic carbocycles. The SMILES string of the molecule is Cc1cccc(F)c1NS(=O)(=O)c1cc(Br)cnc1NN. The van der Waals surface area contributed by atoms with Crippen LogP contribution in [0.5, 0.6) is 0 Å². The molecule has 0 spiro atoms. The molecule has 0 saturated heterocycles. The smallest absolute Gasteiger partial charge is 0.265 e. The summed E-state index contributed by atoms with van der Waals surface area (Å²) in [5, 5.41) is 0. The molecular weight excluding hydrogens is 363 g/mol. The molecule has 6 nitrogen and oxygen atoms in total. The van der Waals surface area contributed by atoms with E-state index in [4.69, 9.17) is 5.84 Å². The van der Waals surface area contributed by atoms with E-state index in [0.29, 0.717) is 10.0 Å². The molecule has 0 fully saturated rings. The molecule has 9 heteroatoms. The first-order valence-electron chi connectivity index (χ1n) is 5.75. The Balaban J connectivity index is 2.51. The van der Waals surface area contributed by atoms with Crippen molar-refractivity contribution in [3.8, 4) is 0 Å². The molecule has 112 valence electrons. The maximum absolute atomic E-state index is 13.8.